The average Bonchev–Trinajstić information content (AvgIpc) is 2.55. The molecule has 7 heteroatoms. The molecular weight excluding hydrogens is 326 g/mol. The van der Waals surface area contributed by atoms with E-state index in [0.717, 1.165) is 0 Å². The number of amides is 1. The molecular formula is C18H20NO6-. The zero-order valence-electron chi connectivity index (χ0n) is 14.3. The first-order valence-corrected chi connectivity index (χ1v) is 8.00. The molecule has 2 rings (SSSR count). The van der Waals surface area contributed by atoms with Gasteiger partial charge in [0.2, 0.25) is 5.91 Å². The Kier molecular flexibility index (Phi) is 5.46. The molecule has 0 spiro atoms. The van der Waals surface area contributed by atoms with Crippen molar-refractivity contribution < 1.29 is 24.2 Å². The Balaban J connectivity index is 2.30. The average molecular weight is 346 g/mol. The molecule has 0 saturated carbocycles. The number of fused-ring (bicyclic) bond motifs is 1. The largest absolute Gasteiger partial charge is 0.548 e. The van der Waals surface area contributed by atoms with Crippen LogP contribution in [-0.4, -0.2) is 23.0 Å². The molecule has 2 aromatic rings. The van der Waals surface area contributed by atoms with E-state index in [1.807, 2.05) is 6.92 Å². The third kappa shape index (κ3) is 3.99. The van der Waals surface area contributed by atoms with E-state index < -0.39 is 23.5 Å². The van der Waals surface area contributed by atoms with Crippen LogP contribution in [0.2, 0.25) is 0 Å². The molecule has 0 aliphatic heterocycles. The van der Waals surface area contributed by atoms with Gasteiger partial charge in [0.15, 0.2) is 0 Å². The molecule has 2 N–H and O–H groups in total. The van der Waals surface area contributed by atoms with Gasteiger partial charge in [0.05, 0.1) is 24.0 Å². The number of hydrogen-bond donors (Lipinski definition) is 2. The minimum Gasteiger partial charge on any atom is -0.548 e. The molecule has 0 aliphatic carbocycles. The number of carboxylic acids is 1. The third-order valence-electron chi connectivity index (χ3n) is 4.39. The summed E-state index contributed by atoms with van der Waals surface area (Å²) in [4.78, 5) is 35.6. The van der Waals surface area contributed by atoms with Crippen LogP contribution in [0.1, 0.15) is 31.4 Å². The van der Waals surface area contributed by atoms with Crippen LogP contribution in [0.4, 0.5) is 0 Å². The van der Waals surface area contributed by atoms with Crippen molar-refractivity contribution in [2.45, 2.75) is 39.7 Å². The number of carbonyl (C=O) groups is 2. The van der Waals surface area contributed by atoms with Crippen LogP contribution in [0.5, 0.6) is 5.75 Å². The van der Waals surface area contributed by atoms with Crippen molar-refractivity contribution in [1.82, 2.24) is 5.32 Å². The number of hydrogen-bond acceptors (Lipinski definition) is 6. The molecule has 134 valence electrons. The fourth-order valence-corrected chi connectivity index (χ4v) is 2.64. The summed E-state index contributed by atoms with van der Waals surface area (Å²) < 4.78 is 5.15. The molecule has 0 radical (unpaired) electrons. The second kappa shape index (κ2) is 7.38. The maximum absolute atomic E-state index is 12.2. The van der Waals surface area contributed by atoms with Gasteiger partial charge in [0.1, 0.15) is 11.3 Å². The molecule has 1 amide bonds. The smallest absolute Gasteiger partial charge is 0.340 e. The summed E-state index contributed by atoms with van der Waals surface area (Å²) in [6.45, 7) is 5.18. The topological polar surface area (TPSA) is 120 Å². The van der Waals surface area contributed by atoms with Gasteiger partial charge in [-0.1, -0.05) is 20.3 Å². The Morgan fingerprint density at radius 1 is 1.36 bits per heavy atom. The van der Waals surface area contributed by atoms with Gasteiger partial charge in [0, 0.05) is 11.5 Å². The molecule has 25 heavy (non-hydrogen) atoms. The van der Waals surface area contributed by atoms with Gasteiger partial charge in [-0.15, -0.1) is 0 Å². The monoisotopic (exact) mass is 346 g/mol. The lowest BCUT2D eigenvalue weighted by atomic mass is 9.98. The highest BCUT2D eigenvalue weighted by Crippen LogP contribution is 2.23. The van der Waals surface area contributed by atoms with Crippen molar-refractivity contribution in [2.24, 2.45) is 5.92 Å². The predicted octanol–water partition coefficient (Wildman–Crippen LogP) is 0.630. The number of aryl methyl sites for hydroxylation is 1. The quantitative estimate of drug-likeness (QED) is 0.740. The number of aromatic hydroxyl groups is 1. The summed E-state index contributed by atoms with van der Waals surface area (Å²) in [7, 11) is 0. The Bertz CT molecular complexity index is 870. The molecule has 0 fully saturated rings. The maximum Gasteiger partial charge on any atom is 0.340 e. The highest BCUT2D eigenvalue weighted by Gasteiger charge is 2.21. The van der Waals surface area contributed by atoms with Crippen molar-refractivity contribution in [3.05, 3.63) is 39.7 Å². The maximum atomic E-state index is 12.2. The fraction of sp³-hybridized carbons (Fsp3) is 0.389. The fourth-order valence-electron chi connectivity index (χ4n) is 2.64. The molecule has 1 aromatic heterocycles. The van der Waals surface area contributed by atoms with Crippen LogP contribution in [0, 0.1) is 12.8 Å². The van der Waals surface area contributed by atoms with Crippen molar-refractivity contribution in [1.29, 1.82) is 0 Å². The lowest BCUT2D eigenvalue weighted by Crippen LogP contribution is -2.51. The van der Waals surface area contributed by atoms with Crippen LogP contribution < -0.4 is 16.0 Å². The van der Waals surface area contributed by atoms with Crippen molar-refractivity contribution in [3.8, 4) is 5.75 Å². The summed E-state index contributed by atoms with van der Waals surface area (Å²) in [6, 6.07) is 3.24. The molecule has 1 heterocycles. The molecule has 0 unspecified atom stereocenters. The number of phenolic OH excluding ortho intramolecular Hbond substituents is 1. The lowest BCUT2D eigenvalue weighted by molar-refractivity contribution is -0.309. The number of aliphatic carboxylic acids is 1. The highest BCUT2D eigenvalue weighted by atomic mass is 16.4. The van der Waals surface area contributed by atoms with E-state index in [1.54, 1.807) is 19.9 Å². The number of benzene rings is 1. The van der Waals surface area contributed by atoms with Gasteiger partial charge in [-0.3, -0.25) is 4.79 Å². The number of carboxylic acid groups (broad SMARTS) is 1. The Morgan fingerprint density at radius 2 is 2.04 bits per heavy atom. The van der Waals surface area contributed by atoms with E-state index in [0.29, 0.717) is 17.4 Å². The van der Waals surface area contributed by atoms with Gasteiger partial charge in [-0.05, 0) is 30.5 Å². The molecule has 7 nitrogen and oxygen atoms in total. The summed E-state index contributed by atoms with van der Waals surface area (Å²) in [6.07, 6.45) is 0.255. The highest BCUT2D eigenvalue weighted by molar-refractivity contribution is 5.87. The predicted molar refractivity (Wildman–Crippen MR) is 89.0 cm³/mol. The zero-order chi connectivity index (χ0) is 18.7. The van der Waals surface area contributed by atoms with Gasteiger partial charge in [0.25, 0.3) is 0 Å². The lowest BCUT2D eigenvalue weighted by Gasteiger charge is -2.25. The van der Waals surface area contributed by atoms with Crippen LogP contribution in [0.3, 0.4) is 0 Å². The summed E-state index contributed by atoms with van der Waals surface area (Å²) in [5.41, 5.74) is 0.227. The molecule has 1 aromatic carbocycles. The second-order valence-electron chi connectivity index (χ2n) is 6.10. The van der Waals surface area contributed by atoms with Crippen LogP contribution in [0.15, 0.2) is 27.4 Å². The minimum absolute atomic E-state index is 0.0362. The van der Waals surface area contributed by atoms with Gasteiger partial charge in [-0.2, -0.15) is 0 Å². The molecule has 0 aliphatic rings. The van der Waals surface area contributed by atoms with E-state index in [1.165, 1.54) is 12.1 Å². The Morgan fingerprint density at radius 3 is 2.64 bits per heavy atom. The summed E-state index contributed by atoms with van der Waals surface area (Å²) in [5.74, 6) is -2.29. The van der Waals surface area contributed by atoms with E-state index in [4.69, 9.17) is 4.42 Å². The molecule has 0 bridgehead atoms. The first kappa shape index (κ1) is 18.5. The van der Waals surface area contributed by atoms with Crippen molar-refractivity contribution >= 4 is 22.8 Å². The molecule has 0 saturated heterocycles. The minimum atomic E-state index is -1.36. The first-order chi connectivity index (χ1) is 11.7. The first-order valence-electron chi connectivity index (χ1n) is 8.00. The molecule has 2 atom stereocenters. The normalized spacial score (nSPS) is 13.4. The Labute approximate surface area is 144 Å². The number of phenols is 1. The standard InChI is InChI=1S/C18H21NO6/c1-4-9(2)16(17(22)23)19-15(21)8-13-10(3)12-6-5-11(20)7-14(12)25-18(13)24/h5-7,9,16,20H,4,8H2,1-3H3,(H,19,21)(H,22,23)/p-1/t9-,16+/m1/s1. The van der Waals surface area contributed by atoms with E-state index in [2.05, 4.69) is 5.32 Å². The van der Waals surface area contributed by atoms with Crippen LogP contribution in [-0.2, 0) is 16.0 Å². The van der Waals surface area contributed by atoms with E-state index >= 15 is 0 Å². The van der Waals surface area contributed by atoms with Crippen molar-refractivity contribution in [3.63, 3.8) is 0 Å². The number of carbonyl (C=O) groups excluding carboxylic acids is 2. The zero-order valence-corrected chi connectivity index (χ0v) is 14.3. The SMILES string of the molecule is CC[C@@H](C)[C@H](NC(=O)Cc1c(C)c2ccc(O)cc2oc1=O)C(=O)[O-]. The second-order valence-corrected chi connectivity index (χ2v) is 6.10. The van der Waals surface area contributed by atoms with Crippen molar-refractivity contribution in [2.75, 3.05) is 0 Å². The summed E-state index contributed by atoms with van der Waals surface area (Å²) >= 11 is 0. The van der Waals surface area contributed by atoms with Gasteiger partial charge in [-0.25, -0.2) is 4.79 Å². The Hall–Kier alpha value is -2.83. The van der Waals surface area contributed by atoms with Crippen LogP contribution >= 0.6 is 0 Å². The van der Waals surface area contributed by atoms with E-state index in [9.17, 15) is 24.6 Å². The van der Waals surface area contributed by atoms with E-state index in [-0.39, 0.29) is 29.2 Å². The van der Waals surface area contributed by atoms with Gasteiger partial charge >= 0.3 is 5.63 Å². The van der Waals surface area contributed by atoms with Gasteiger partial charge < -0.3 is 24.7 Å². The number of rotatable bonds is 6. The summed E-state index contributed by atoms with van der Waals surface area (Å²) in [5, 5.41) is 23.7. The number of nitrogens with one attached hydrogen (secondary N) is 1. The van der Waals surface area contributed by atoms with Crippen LogP contribution in [0.25, 0.3) is 11.0 Å². The third-order valence-corrected chi connectivity index (χ3v) is 4.39.